The summed E-state index contributed by atoms with van der Waals surface area (Å²) in [6.07, 6.45) is 0. The van der Waals surface area contributed by atoms with E-state index in [1.54, 1.807) is 23.5 Å². The molecule has 3 aromatic rings. The van der Waals surface area contributed by atoms with Crippen molar-refractivity contribution < 1.29 is 14.0 Å². The highest BCUT2D eigenvalue weighted by Crippen LogP contribution is 2.24. The van der Waals surface area contributed by atoms with Gasteiger partial charge in [-0.1, -0.05) is 18.2 Å². The minimum Gasteiger partial charge on any atom is -0.345 e. The van der Waals surface area contributed by atoms with Gasteiger partial charge in [0.25, 0.3) is 0 Å². The van der Waals surface area contributed by atoms with Crippen molar-refractivity contribution in [1.82, 2.24) is 20.4 Å². The first-order valence-electron chi connectivity index (χ1n) is 8.80. The average molecular weight is 400 g/mol. The Morgan fingerprint density at radius 3 is 2.46 bits per heavy atom. The predicted octanol–water partition coefficient (Wildman–Crippen LogP) is 2.72. The fourth-order valence-electron chi connectivity index (χ4n) is 2.88. The number of hydrogen-bond donors (Lipinski definition) is 2. The number of carbonyl (C=O) groups excluding carboxylic acids is 2. The van der Waals surface area contributed by atoms with Crippen molar-refractivity contribution in [3.05, 3.63) is 75.5 Å². The van der Waals surface area contributed by atoms with Crippen molar-refractivity contribution in [3.8, 4) is 0 Å². The first-order chi connectivity index (χ1) is 13.4. The molecule has 8 heteroatoms. The van der Waals surface area contributed by atoms with Gasteiger partial charge in [0.1, 0.15) is 11.9 Å². The molecule has 146 valence electrons. The van der Waals surface area contributed by atoms with E-state index in [0.717, 1.165) is 16.3 Å². The fraction of sp³-hybridized carbons (Fsp3) is 0.250. The second kappa shape index (κ2) is 8.79. The minimum absolute atomic E-state index is 0.151. The van der Waals surface area contributed by atoms with E-state index in [9.17, 15) is 14.0 Å². The molecule has 0 aliphatic rings. The second-order valence-electron chi connectivity index (χ2n) is 6.42. The Kier molecular flexibility index (Phi) is 6.20. The smallest absolute Gasteiger partial charge is 0.309 e. The van der Waals surface area contributed by atoms with Gasteiger partial charge in [0.05, 0.1) is 5.69 Å². The quantitative estimate of drug-likeness (QED) is 0.625. The lowest BCUT2D eigenvalue weighted by molar-refractivity contribution is -0.139. The Morgan fingerprint density at radius 1 is 1.14 bits per heavy atom. The van der Waals surface area contributed by atoms with Crippen molar-refractivity contribution >= 4 is 23.2 Å². The summed E-state index contributed by atoms with van der Waals surface area (Å²) in [5.41, 5.74) is 2.58. The number of nitrogens with one attached hydrogen (secondary N) is 2. The van der Waals surface area contributed by atoms with Crippen LogP contribution in [0.1, 0.15) is 27.9 Å². The number of aromatic nitrogens is 2. The van der Waals surface area contributed by atoms with Gasteiger partial charge in [-0.15, -0.1) is 11.3 Å². The van der Waals surface area contributed by atoms with Crippen LogP contribution in [0.2, 0.25) is 0 Å². The molecule has 0 spiro atoms. The molecule has 0 fully saturated rings. The number of thiophene rings is 1. The van der Waals surface area contributed by atoms with Crippen LogP contribution in [-0.2, 0) is 16.1 Å². The minimum atomic E-state index is -0.734. The molecule has 2 heterocycles. The summed E-state index contributed by atoms with van der Waals surface area (Å²) in [7, 11) is 0. The number of halogens is 1. The molecule has 0 radical (unpaired) electrons. The lowest BCUT2D eigenvalue weighted by atomic mass is 10.2. The summed E-state index contributed by atoms with van der Waals surface area (Å²) < 4.78 is 14.8. The van der Waals surface area contributed by atoms with E-state index in [1.807, 2.05) is 42.1 Å². The van der Waals surface area contributed by atoms with E-state index in [2.05, 4.69) is 15.7 Å². The molecule has 2 N–H and O–H groups in total. The van der Waals surface area contributed by atoms with Crippen LogP contribution in [0.5, 0.6) is 0 Å². The maximum Gasteiger partial charge on any atom is 0.309 e. The zero-order valence-electron chi connectivity index (χ0n) is 15.6. The van der Waals surface area contributed by atoms with Crippen LogP contribution in [0, 0.1) is 19.7 Å². The maximum absolute atomic E-state index is 12.9. The first kappa shape index (κ1) is 19.8. The highest BCUT2D eigenvalue weighted by Gasteiger charge is 2.21. The van der Waals surface area contributed by atoms with E-state index in [0.29, 0.717) is 5.56 Å². The van der Waals surface area contributed by atoms with Crippen LogP contribution < -0.4 is 10.6 Å². The zero-order chi connectivity index (χ0) is 20.1. The summed E-state index contributed by atoms with van der Waals surface area (Å²) >= 11 is 1.57. The molecular weight excluding hydrogens is 379 g/mol. The molecule has 1 atom stereocenters. The zero-order valence-corrected chi connectivity index (χ0v) is 16.4. The van der Waals surface area contributed by atoms with Gasteiger partial charge in [-0.25, -0.2) is 4.39 Å². The third-order valence-electron chi connectivity index (χ3n) is 4.24. The SMILES string of the molecule is Cc1cc(C)n(C(CNC(=O)C(=O)NCc2ccc(F)cc2)c2cccs2)n1. The number of aryl methyl sites for hydroxylation is 2. The summed E-state index contributed by atoms with van der Waals surface area (Å²) in [5, 5.41) is 11.7. The van der Waals surface area contributed by atoms with E-state index < -0.39 is 11.8 Å². The van der Waals surface area contributed by atoms with Crippen molar-refractivity contribution in [3.63, 3.8) is 0 Å². The Balaban J connectivity index is 1.61. The highest BCUT2D eigenvalue weighted by atomic mass is 32.1. The van der Waals surface area contributed by atoms with Gasteiger partial charge in [0.15, 0.2) is 0 Å². The molecule has 1 aromatic carbocycles. The van der Waals surface area contributed by atoms with Gasteiger partial charge in [0, 0.05) is 23.7 Å². The lowest BCUT2D eigenvalue weighted by Gasteiger charge is -2.18. The molecule has 0 aliphatic carbocycles. The molecule has 3 rings (SSSR count). The summed E-state index contributed by atoms with van der Waals surface area (Å²) in [5.74, 6) is -1.80. The van der Waals surface area contributed by atoms with Crippen LogP contribution in [0.4, 0.5) is 4.39 Å². The van der Waals surface area contributed by atoms with Crippen molar-refractivity contribution in [2.75, 3.05) is 6.54 Å². The first-order valence-corrected chi connectivity index (χ1v) is 9.68. The van der Waals surface area contributed by atoms with Crippen molar-refractivity contribution in [2.24, 2.45) is 0 Å². The largest absolute Gasteiger partial charge is 0.345 e. The third kappa shape index (κ3) is 4.83. The standard InChI is InChI=1S/C20H21FN4O2S/c1-13-10-14(2)25(24-13)17(18-4-3-9-28-18)12-23-20(27)19(26)22-11-15-5-7-16(21)8-6-15/h3-10,17H,11-12H2,1-2H3,(H,22,26)(H,23,27). The number of rotatable bonds is 6. The number of nitrogens with zero attached hydrogens (tertiary/aromatic N) is 2. The van der Waals surface area contributed by atoms with Crippen LogP contribution in [0.25, 0.3) is 0 Å². The van der Waals surface area contributed by atoms with Crippen molar-refractivity contribution in [1.29, 1.82) is 0 Å². The van der Waals surface area contributed by atoms with Gasteiger partial charge in [-0.3, -0.25) is 14.3 Å². The molecule has 6 nitrogen and oxygen atoms in total. The fourth-order valence-corrected chi connectivity index (χ4v) is 3.70. The van der Waals surface area contributed by atoms with Gasteiger partial charge in [-0.2, -0.15) is 5.10 Å². The average Bonchev–Trinajstić information content (AvgIpc) is 3.31. The van der Waals surface area contributed by atoms with E-state index in [4.69, 9.17) is 0 Å². The summed E-state index contributed by atoms with van der Waals surface area (Å²) in [4.78, 5) is 25.3. The highest BCUT2D eigenvalue weighted by molar-refractivity contribution is 7.10. The van der Waals surface area contributed by atoms with Crippen LogP contribution in [0.3, 0.4) is 0 Å². The maximum atomic E-state index is 12.9. The normalized spacial score (nSPS) is 11.8. The Morgan fingerprint density at radius 2 is 1.86 bits per heavy atom. The molecule has 0 aliphatic heterocycles. The topological polar surface area (TPSA) is 76.0 Å². The lowest BCUT2D eigenvalue weighted by Crippen LogP contribution is -2.42. The van der Waals surface area contributed by atoms with Crippen LogP contribution >= 0.6 is 11.3 Å². The summed E-state index contributed by atoms with van der Waals surface area (Å²) in [6.45, 7) is 4.26. The molecule has 0 saturated heterocycles. The van der Waals surface area contributed by atoms with Gasteiger partial charge in [-0.05, 0) is 49.1 Å². The molecule has 2 amide bonds. The number of carbonyl (C=O) groups is 2. The molecule has 2 aromatic heterocycles. The monoisotopic (exact) mass is 400 g/mol. The van der Waals surface area contributed by atoms with Crippen LogP contribution in [0.15, 0.2) is 47.8 Å². The van der Waals surface area contributed by atoms with E-state index in [-0.39, 0.29) is 24.9 Å². The molecule has 0 bridgehead atoms. The molecule has 1 unspecified atom stereocenters. The Labute approximate surface area is 166 Å². The third-order valence-corrected chi connectivity index (χ3v) is 5.21. The van der Waals surface area contributed by atoms with E-state index >= 15 is 0 Å². The molecular formula is C20H21FN4O2S. The van der Waals surface area contributed by atoms with E-state index in [1.165, 1.54) is 12.1 Å². The second-order valence-corrected chi connectivity index (χ2v) is 7.40. The molecule has 0 saturated carbocycles. The summed E-state index contributed by atoms with van der Waals surface area (Å²) in [6, 6.07) is 11.4. The van der Waals surface area contributed by atoms with Gasteiger partial charge < -0.3 is 10.6 Å². The van der Waals surface area contributed by atoms with Crippen molar-refractivity contribution in [2.45, 2.75) is 26.4 Å². The predicted molar refractivity (Wildman–Crippen MR) is 105 cm³/mol. The van der Waals surface area contributed by atoms with Gasteiger partial charge >= 0.3 is 11.8 Å². The molecule has 28 heavy (non-hydrogen) atoms. The number of hydrogen-bond acceptors (Lipinski definition) is 4. The van der Waals surface area contributed by atoms with Crippen LogP contribution in [-0.4, -0.2) is 28.1 Å². The van der Waals surface area contributed by atoms with Gasteiger partial charge in [0.2, 0.25) is 0 Å². The Bertz CT molecular complexity index is 951. The number of benzene rings is 1. The Hall–Kier alpha value is -3.00. The number of amides is 2.